The molecule has 5 rings (SSSR count). The lowest BCUT2D eigenvalue weighted by Crippen LogP contribution is -2.47. The number of hydrogen-bond acceptors (Lipinski definition) is 6. The van der Waals surface area contributed by atoms with E-state index in [4.69, 9.17) is 4.42 Å². The molecule has 0 saturated heterocycles. The fraction of sp³-hybridized carbons (Fsp3) is 0.438. The highest BCUT2D eigenvalue weighted by atomic mass is 16.3. The van der Waals surface area contributed by atoms with E-state index in [0.29, 0.717) is 55.1 Å². The summed E-state index contributed by atoms with van der Waals surface area (Å²) in [5, 5.41) is 5.26. The summed E-state index contributed by atoms with van der Waals surface area (Å²) in [6, 6.07) is 9.81. The smallest absolute Gasteiger partial charge is 0.261 e. The van der Waals surface area contributed by atoms with Gasteiger partial charge in [-0.3, -0.25) is 24.0 Å². The molecule has 0 radical (unpaired) electrons. The maximum absolute atomic E-state index is 13.3. The topological polar surface area (TPSA) is 96.8 Å². The fourth-order valence-corrected chi connectivity index (χ4v) is 5.85. The molecule has 4 heterocycles. The van der Waals surface area contributed by atoms with Gasteiger partial charge in [0.25, 0.3) is 5.56 Å². The molecule has 0 N–H and O–H groups in total. The second kappa shape index (κ2) is 10.9. The van der Waals surface area contributed by atoms with Gasteiger partial charge in [-0.25, -0.2) is 0 Å². The summed E-state index contributed by atoms with van der Waals surface area (Å²) in [5.41, 5.74) is 4.76. The van der Waals surface area contributed by atoms with Crippen molar-refractivity contribution in [2.24, 2.45) is 12.5 Å². The minimum Gasteiger partial charge on any atom is -0.461 e. The number of aryl methyl sites for hydroxylation is 4. The van der Waals surface area contributed by atoms with Crippen molar-refractivity contribution in [1.82, 2.24) is 19.2 Å². The molecule has 4 aromatic rings. The minimum absolute atomic E-state index is 0.0711. The summed E-state index contributed by atoms with van der Waals surface area (Å²) in [6.07, 6.45) is 1.86. The zero-order valence-electron chi connectivity index (χ0n) is 25.8. The zero-order valence-corrected chi connectivity index (χ0v) is 25.8. The van der Waals surface area contributed by atoms with E-state index in [1.54, 1.807) is 41.3 Å². The van der Waals surface area contributed by atoms with Crippen LogP contribution in [-0.2, 0) is 36.3 Å². The number of carbonyl (C=O) groups is 2. The SMILES string of the molecule is CCN1C(=O)C(C)(C)C(=O)N(C)c2cc(CN(CCn3cc(C)c4oc(C)cc4c3=O)Cc3cc(C)n(C)n3)ccc21. The van der Waals surface area contributed by atoms with Crippen LogP contribution in [0.25, 0.3) is 11.0 Å². The van der Waals surface area contributed by atoms with Gasteiger partial charge >= 0.3 is 0 Å². The highest BCUT2D eigenvalue weighted by molar-refractivity contribution is 6.19. The van der Waals surface area contributed by atoms with Crippen LogP contribution in [-0.4, -0.2) is 51.2 Å². The van der Waals surface area contributed by atoms with E-state index in [1.807, 2.05) is 63.8 Å². The van der Waals surface area contributed by atoms with Gasteiger partial charge < -0.3 is 18.8 Å². The number of anilines is 2. The quantitative estimate of drug-likeness (QED) is 0.292. The summed E-state index contributed by atoms with van der Waals surface area (Å²) in [6.45, 7) is 13.8. The molecule has 10 heteroatoms. The van der Waals surface area contributed by atoms with E-state index in [0.717, 1.165) is 28.2 Å². The molecular weight excluding hydrogens is 532 g/mol. The molecule has 1 aliphatic rings. The Kier molecular flexibility index (Phi) is 7.61. The molecule has 0 spiro atoms. The van der Waals surface area contributed by atoms with Gasteiger partial charge in [-0.1, -0.05) is 6.07 Å². The van der Waals surface area contributed by atoms with Crippen LogP contribution in [0.5, 0.6) is 0 Å². The van der Waals surface area contributed by atoms with E-state index in [-0.39, 0.29) is 17.4 Å². The lowest BCUT2D eigenvalue weighted by molar-refractivity contribution is -0.137. The molecule has 2 amide bonds. The molecule has 0 fully saturated rings. The molecule has 1 aromatic carbocycles. The molecule has 10 nitrogen and oxygen atoms in total. The normalized spacial score (nSPS) is 15.2. The Hall–Kier alpha value is -4.18. The Balaban J connectivity index is 1.47. The van der Waals surface area contributed by atoms with Gasteiger partial charge in [0.2, 0.25) is 11.8 Å². The van der Waals surface area contributed by atoms with Crippen molar-refractivity contribution in [2.45, 2.75) is 61.2 Å². The average Bonchev–Trinajstić information content (AvgIpc) is 3.49. The predicted octanol–water partition coefficient (Wildman–Crippen LogP) is 4.31. The monoisotopic (exact) mass is 572 g/mol. The number of rotatable bonds is 8. The van der Waals surface area contributed by atoms with Crippen molar-refractivity contribution in [3.05, 3.63) is 75.2 Å². The number of carbonyl (C=O) groups excluding carboxylic acids is 2. The molecule has 222 valence electrons. The summed E-state index contributed by atoms with van der Waals surface area (Å²) >= 11 is 0. The Bertz CT molecular complexity index is 1720. The molecule has 42 heavy (non-hydrogen) atoms. The number of hydrogen-bond donors (Lipinski definition) is 0. The van der Waals surface area contributed by atoms with Crippen LogP contribution < -0.4 is 15.4 Å². The lowest BCUT2D eigenvalue weighted by atomic mass is 9.90. The van der Waals surface area contributed by atoms with Gasteiger partial charge in [-0.05, 0) is 71.4 Å². The third kappa shape index (κ3) is 5.15. The predicted molar refractivity (Wildman–Crippen MR) is 164 cm³/mol. The third-order valence-corrected chi connectivity index (χ3v) is 8.29. The van der Waals surface area contributed by atoms with Crippen LogP contribution in [0.2, 0.25) is 0 Å². The molecular formula is C32H40N6O4. The summed E-state index contributed by atoms with van der Waals surface area (Å²) in [4.78, 5) is 45.4. The van der Waals surface area contributed by atoms with Gasteiger partial charge in [0.15, 0.2) is 0 Å². The largest absolute Gasteiger partial charge is 0.461 e. The average molecular weight is 573 g/mol. The van der Waals surface area contributed by atoms with Crippen molar-refractivity contribution < 1.29 is 14.0 Å². The van der Waals surface area contributed by atoms with Crippen LogP contribution >= 0.6 is 0 Å². The number of amides is 2. The molecule has 0 aliphatic carbocycles. The Labute approximate surface area is 246 Å². The second-order valence-corrected chi connectivity index (χ2v) is 11.9. The first-order valence-electron chi connectivity index (χ1n) is 14.4. The van der Waals surface area contributed by atoms with Crippen molar-refractivity contribution in [3.8, 4) is 0 Å². The first kappa shape index (κ1) is 29.3. The Morgan fingerprint density at radius 1 is 0.952 bits per heavy atom. The zero-order chi connectivity index (χ0) is 30.5. The standard InChI is InChI=1S/C32H40N6O4/c1-9-38-26-11-10-23(16-27(26)34(7)30(40)32(5,6)31(38)41)18-36(19-24-14-21(3)35(8)33-24)12-13-37-17-20(2)28-25(29(37)39)15-22(4)42-28/h10-11,14-17H,9,12-13,18-19H2,1-8H3. The molecule has 0 saturated carbocycles. The molecule has 3 aromatic heterocycles. The van der Waals surface area contributed by atoms with Gasteiger partial charge in [0.05, 0.1) is 22.5 Å². The van der Waals surface area contributed by atoms with E-state index in [2.05, 4.69) is 16.1 Å². The second-order valence-electron chi connectivity index (χ2n) is 11.9. The number of fused-ring (bicyclic) bond motifs is 2. The van der Waals surface area contributed by atoms with Crippen LogP contribution in [0.15, 0.2) is 45.7 Å². The van der Waals surface area contributed by atoms with Gasteiger partial charge in [0, 0.05) is 64.3 Å². The first-order chi connectivity index (χ1) is 19.8. The van der Waals surface area contributed by atoms with E-state index in [9.17, 15) is 14.4 Å². The van der Waals surface area contributed by atoms with Crippen LogP contribution in [0.4, 0.5) is 11.4 Å². The highest BCUT2D eigenvalue weighted by Crippen LogP contribution is 2.39. The van der Waals surface area contributed by atoms with Crippen LogP contribution in [0, 0.1) is 26.2 Å². The third-order valence-electron chi connectivity index (χ3n) is 8.29. The van der Waals surface area contributed by atoms with Crippen LogP contribution in [0.1, 0.15) is 49.0 Å². The van der Waals surface area contributed by atoms with Gasteiger partial charge in [0.1, 0.15) is 16.8 Å². The summed E-state index contributed by atoms with van der Waals surface area (Å²) < 4.78 is 9.36. The number of pyridine rings is 1. The molecule has 0 bridgehead atoms. The fourth-order valence-electron chi connectivity index (χ4n) is 5.85. The molecule has 1 aliphatic heterocycles. The Morgan fingerprint density at radius 3 is 2.36 bits per heavy atom. The maximum Gasteiger partial charge on any atom is 0.261 e. The van der Waals surface area contributed by atoms with E-state index < -0.39 is 5.41 Å². The van der Waals surface area contributed by atoms with Crippen molar-refractivity contribution in [1.29, 1.82) is 0 Å². The Morgan fingerprint density at radius 2 is 1.69 bits per heavy atom. The highest BCUT2D eigenvalue weighted by Gasteiger charge is 2.45. The first-order valence-corrected chi connectivity index (χ1v) is 14.4. The molecule has 0 unspecified atom stereocenters. The minimum atomic E-state index is -1.16. The van der Waals surface area contributed by atoms with Crippen molar-refractivity contribution in [3.63, 3.8) is 0 Å². The van der Waals surface area contributed by atoms with Crippen molar-refractivity contribution in [2.75, 3.05) is 29.9 Å². The van der Waals surface area contributed by atoms with E-state index >= 15 is 0 Å². The number of furan rings is 1. The maximum atomic E-state index is 13.3. The van der Waals surface area contributed by atoms with Gasteiger partial charge in [-0.2, -0.15) is 5.10 Å². The molecule has 0 atom stereocenters. The number of nitrogens with zero attached hydrogens (tertiary/aromatic N) is 6. The number of benzene rings is 1. The van der Waals surface area contributed by atoms with Gasteiger partial charge in [-0.15, -0.1) is 0 Å². The summed E-state index contributed by atoms with van der Waals surface area (Å²) in [7, 11) is 3.66. The lowest BCUT2D eigenvalue weighted by Gasteiger charge is -2.27. The summed E-state index contributed by atoms with van der Waals surface area (Å²) in [5.74, 6) is 0.279. The van der Waals surface area contributed by atoms with Crippen LogP contribution in [0.3, 0.4) is 0 Å². The van der Waals surface area contributed by atoms with Crippen molar-refractivity contribution >= 4 is 34.2 Å². The number of aromatic nitrogens is 3. The van der Waals surface area contributed by atoms with E-state index in [1.165, 1.54) is 0 Å².